The minimum absolute atomic E-state index is 0.332. The first kappa shape index (κ1) is 19.4. The molecule has 0 saturated heterocycles. The van der Waals surface area contributed by atoms with Crippen LogP contribution in [-0.4, -0.2) is 33.1 Å². The highest BCUT2D eigenvalue weighted by Gasteiger charge is 2.31. The fourth-order valence-electron chi connectivity index (χ4n) is 3.88. The monoisotopic (exact) mass is 418 g/mol. The van der Waals surface area contributed by atoms with Crippen LogP contribution in [0.5, 0.6) is 0 Å². The summed E-state index contributed by atoms with van der Waals surface area (Å²) >= 11 is 0. The second kappa shape index (κ2) is 7.59. The number of hydrogen-bond donors (Lipinski definition) is 0. The molecular formula is C26H14N2O4. The van der Waals surface area contributed by atoms with Crippen LogP contribution in [-0.2, 0) is 0 Å². The van der Waals surface area contributed by atoms with Gasteiger partial charge in [-0.3, -0.25) is 29.1 Å². The van der Waals surface area contributed by atoms with Crippen LogP contribution in [0.1, 0.15) is 41.4 Å². The molecule has 0 bridgehead atoms. The number of Topliss-reactive ketones (excluding diaryl/α,β-unsaturated/α-hetero) is 4. The maximum Gasteiger partial charge on any atom is 0.235 e. The summed E-state index contributed by atoms with van der Waals surface area (Å²) in [7, 11) is 0. The normalized spacial score (nSPS) is 13.2. The molecule has 6 heteroatoms. The van der Waals surface area contributed by atoms with Crippen LogP contribution in [0.25, 0.3) is 22.5 Å². The van der Waals surface area contributed by atoms with Crippen molar-refractivity contribution in [3.05, 3.63) is 107 Å². The van der Waals surface area contributed by atoms with Crippen molar-refractivity contribution in [2.45, 2.75) is 0 Å². The molecule has 6 nitrogen and oxygen atoms in total. The molecule has 0 atom stereocenters. The van der Waals surface area contributed by atoms with Crippen LogP contribution in [0.3, 0.4) is 0 Å². The first-order valence-corrected chi connectivity index (χ1v) is 9.85. The lowest BCUT2D eigenvalue weighted by molar-refractivity contribution is 0.0814. The highest BCUT2D eigenvalue weighted by Crippen LogP contribution is 2.33. The van der Waals surface area contributed by atoms with Gasteiger partial charge < -0.3 is 0 Å². The Hall–Kier alpha value is -4.58. The Kier molecular flexibility index (Phi) is 4.60. The predicted molar refractivity (Wildman–Crippen MR) is 117 cm³/mol. The molecule has 2 aromatic heterocycles. The summed E-state index contributed by atoms with van der Waals surface area (Å²) in [5.41, 5.74) is 4.35. The summed E-state index contributed by atoms with van der Waals surface area (Å²) < 4.78 is 0. The fraction of sp³-hybridized carbons (Fsp3) is 0. The molecule has 0 spiro atoms. The van der Waals surface area contributed by atoms with Gasteiger partial charge in [0.2, 0.25) is 23.1 Å². The number of fused-ring (bicyclic) bond motifs is 6. The highest BCUT2D eigenvalue weighted by molar-refractivity contribution is 6.53. The van der Waals surface area contributed by atoms with Crippen molar-refractivity contribution in [3.63, 3.8) is 0 Å². The molecule has 6 rings (SSSR count). The first-order chi connectivity index (χ1) is 15.6. The van der Waals surface area contributed by atoms with Crippen LogP contribution < -0.4 is 0 Å². The van der Waals surface area contributed by atoms with Gasteiger partial charge >= 0.3 is 0 Å². The Bertz CT molecular complexity index is 1230. The lowest BCUT2D eigenvalue weighted by Gasteiger charge is -2.16. The molecule has 2 aromatic carbocycles. The van der Waals surface area contributed by atoms with Crippen molar-refractivity contribution in [2.24, 2.45) is 0 Å². The van der Waals surface area contributed by atoms with Crippen molar-refractivity contribution in [2.75, 3.05) is 0 Å². The quantitative estimate of drug-likeness (QED) is 0.396. The van der Waals surface area contributed by atoms with E-state index in [1.54, 1.807) is 60.9 Å². The minimum atomic E-state index is -0.511. The minimum Gasteiger partial charge on any atom is -0.285 e. The fourth-order valence-corrected chi connectivity index (χ4v) is 3.88. The van der Waals surface area contributed by atoms with Gasteiger partial charge in [-0.15, -0.1) is 0 Å². The molecule has 0 unspecified atom stereocenters. The van der Waals surface area contributed by atoms with Crippen molar-refractivity contribution in [1.82, 2.24) is 9.97 Å². The lowest BCUT2D eigenvalue weighted by atomic mass is 9.84. The zero-order valence-corrected chi connectivity index (χ0v) is 16.6. The average Bonchev–Trinajstić information content (AvgIpc) is 2.86. The van der Waals surface area contributed by atoms with Crippen molar-refractivity contribution < 1.29 is 19.2 Å². The Morgan fingerprint density at radius 1 is 0.375 bits per heavy atom. The van der Waals surface area contributed by atoms with E-state index in [1.165, 1.54) is 0 Å². The first-order valence-electron chi connectivity index (χ1n) is 9.85. The van der Waals surface area contributed by atoms with Crippen molar-refractivity contribution in [3.8, 4) is 22.5 Å². The van der Waals surface area contributed by atoms with E-state index in [2.05, 4.69) is 9.97 Å². The molecule has 0 amide bonds. The maximum atomic E-state index is 11.8. The number of carbonyl (C=O) groups excluding carboxylic acids is 4. The van der Waals surface area contributed by atoms with E-state index < -0.39 is 23.1 Å². The van der Waals surface area contributed by atoms with Crippen LogP contribution in [0.4, 0.5) is 0 Å². The molecule has 2 aliphatic rings. The summed E-state index contributed by atoms with van der Waals surface area (Å²) in [6.45, 7) is 0. The van der Waals surface area contributed by atoms with E-state index in [0.717, 1.165) is 11.1 Å². The van der Waals surface area contributed by atoms with E-state index in [0.29, 0.717) is 33.6 Å². The molecule has 152 valence electrons. The standard InChI is InChI=1S/C14H8O2.C12H6N2O2/c15-13-11-7-3-1-5-9(11)10-6-2-4-8-12(10)14(13)16;15-11-7-3-1-5-13-9(7)10-8(12(11)16)4-2-6-14-10/h1-8H;1-6H. The SMILES string of the molecule is O=C1C(=O)c2ccccc2-c2ccccc21.O=C1C(=O)c2cccnc2-c2ncccc21. The van der Waals surface area contributed by atoms with E-state index in [-0.39, 0.29) is 0 Å². The highest BCUT2D eigenvalue weighted by atomic mass is 16.2. The summed E-state index contributed by atoms with van der Waals surface area (Å²) in [6, 6.07) is 20.9. The number of pyridine rings is 2. The molecule has 0 radical (unpaired) electrons. The van der Waals surface area contributed by atoms with Crippen LogP contribution in [0.2, 0.25) is 0 Å². The third-order valence-corrected chi connectivity index (χ3v) is 5.37. The smallest absolute Gasteiger partial charge is 0.235 e. The zero-order chi connectivity index (χ0) is 22.2. The number of benzene rings is 2. The molecule has 32 heavy (non-hydrogen) atoms. The van der Waals surface area contributed by atoms with Gasteiger partial charge in [0.15, 0.2) is 0 Å². The number of ketones is 4. The summed E-state index contributed by atoms with van der Waals surface area (Å²) in [6.07, 6.45) is 3.17. The topological polar surface area (TPSA) is 94.1 Å². The zero-order valence-electron chi connectivity index (χ0n) is 16.6. The Morgan fingerprint density at radius 2 is 0.688 bits per heavy atom. The molecule has 0 fully saturated rings. The molecule has 0 N–H and O–H groups in total. The van der Waals surface area contributed by atoms with Crippen molar-refractivity contribution >= 4 is 23.1 Å². The van der Waals surface area contributed by atoms with Gasteiger partial charge in [-0.25, -0.2) is 0 Å². The van der Waals surface area contributed by atoms with Crippen LogP contribution in [0, 0.1) is 0 Å². The molecular weight excluding hydrogens is 404 g/mol. The summed E-state index contributed by atoms with van der Waals surface area (Å²) in [5.74, 6) is -1.84. The number of hydrogen-bond acceptors (Lipinski definition) is 6. The third-order valence-electron chi connectivity index (χ3n) is 5.37. The van der Waals surface area contributed by atoms with E-state index >= 15 is 0 Å². The average molecular weight is 418 g/mol. The number of carbonyl (C=O) groups is 4. The second-order valence-corrected chi connectivity index (χ2v) is 7.21. The van der Waals surface area contributed by atoms with Crippen molar-refractivity contribution in [1.29, 1.82) is 0 Å². The summed E-state index contributed by atoms with van der Waals surface area (Å²) in [4.78, 5) is 55.4. The van der Waals surface area contributed by atoms with Gasteiger partial charge in [0.25, 0.3) is 0 Å². The van der Waals surface area contributed by atoms with Gasteiger partial charge in [-0.2, -0.15) is 0 Å². The molecule has 2 heterocycles. The predicted octanol–water partition coefficient (Wildman–Crippen LogP) is 4.26. The van der Waals surface area contributed by atoms with Crippen LogP contribution >= 0.6 is 0 Å². The van der Waals surface area contributed by atoms with Gasteiger partial charge in [-0.05, 0) is 35.4 Å². The Morgan fingerprint density at radius 3 is 1.09 bits per heavy atom. The maximum absolute atomic E-state index is 11.8. The van der Waals surface area contributed by atoms with E-state index in [9.17, 15) is 19.2 Å². The number of nitrogens with zero attached hydrogens (tertiary/aromatic N) is 2. The number of aromatic nitrogens is 2. The van der Waals surface area contributed by atoms with Gasteiger partial charge in [0, 0.05) is 23.5 Å². The molecule has 0 aliphatic heterocycles. The molecule has 0 saturated carbocycles. The molecule has 4 aromatic rings. The second-order valence-electron chi connectivity index (χ2n) is 7.21. The van der Waals surface area contributed by atoms with E-state index in [4.69, 9.17) is 0 Å². The Balaban J connectivity index is 0.000000135. The number of rotatable bonds is 0. The van der Waals surface area contributed by atoms with Gasteiger partial charge in [-0.1, -0.05) is 48.5 Å². The van der Waals surface area contributed by atoms with Gasteiger partial charge in [0.1, 0.15) is 11.4 Å². The summed E-state index contributed by atoms with van der Waals surface area (Å²) in [5, 5.41) is 0. The van der Waals surface area contributed by atoms with E-state index in [1.807, 2.05) is 24.3 Å². The molecule has 2 aliphatic carbocycles. The Labute approximate surface area is 182 Å². The largest absolute Gasteiger partial charge is 0.285 e. The van der Waals surface area contributed by atoms with Crippen LogP contribution in [0.15, 0.2) is 85.2 Å². The lowest BCUT2D eigenvalue weighted by Crippen LogP contribution is -2.22. The third kappa shape index (κ3) is 2.97. The van der Waals surface area contributed by atoms with Gasteiger partial charge in [0.05, 0.1) is 11.1 Å².